The average Bonchev–Trinajstić information content (AvgIpc) is 3.32. The molecule has 2 heterocycles. The second-order valence-electron chi connectivity index (χ2n) is 7.38. The fourth-order valence-corrected chi connectivity index (χ4v) is 4.77. The Labute approximate surface area is 187 Å². The highest BCUT2D eigenvalue weighted by Crippen LogP contribution is 2.26. The SMILES string of the molecule is O=C(CSc1ccccc1C(=O)Nc1ccc(-c2cn3ccsc3n2)cc1)NC1CC1. The van der Waals surface area contributed by atoms with Gasteiger partial charge in [-0.1, -0.05) is 24.3 Å². The summed E-state index contributed by atoms with van der Waals surface area (Å²) in [6.07, 6.45) is 6.10. The van der Waals surface area contributed by atoms with E-state index in [0.29, 0.717) is 23.0 Å². The second-order valence-corrected chi connectivity index (χ2v) is 9.27. The molecule has 31 heavy (non-hydrogen) atoms. The van der Waals surface area contributed by atoms with Gasteiger partial charge in [-0.25, -0.2) is 4.98 Å². The van der Waals surface area contributed by atoms with Gasteiger partial charge in [-0.05, 0) is 37.1 Å². The molecule has 6 nitrogen and oxygen atoms in total. The zero-order valence-corrected chi connectivity index (χ0v) is 18.2. The van der Waals surface area contributed by atoms with Gasteiger partial charge >= 0.3 is 0 Å². The van der Waals surface area contributed by atoms with Crippen LogP contribution in [0.15, 0.2) is 71.2 Å². The largest absolute Gasteiger partial charge is 0.353 e. The Bertz CT molecular complexity index is 1210. The maximum absolute atomic E-state index is 12.9. The maximum Gasteiger partial charge on any atom is 0.256 e. The van der Waals surface area contributed by atoms with Crippen molar-refractivity contribution in [3.8, 4) is 11.3 Å². The van der Waals surface area contributed by atoms with Gasteiger partial charge in [0.25, 0.3) is 5.91 Å². The number of thioether (sulfide) groups is 1. The Hall–Kier alpha value is -3.10. The fourth-order valence-electron chi connectivity index (χ4n) is 3.21. The van der Waals surface area contributed by atoms with Crippen molar-refractivity contribution in [3.63, 3.8) is 0 Å². The molecule has 1 aliphatic rings. The van der Waals surface area contributed by atoms with Gasteiger partial charge in [0.15, 0.2) is 4.96 Å². The number of carbonyl (C=O) groups excluding carboxylic acids is 2. The minimum absolute atomic E-state index is 0.0115. The van der Waals surface area contributed by atoms with Gasteiger partial charge in [-0.3, -0.25) is 14.0 Å². The van der Waals surface area contributed by atoms with E-state index in [1.165, 1.54) is 11.8 Å². The second kappa shape index (κ2) is 8.56. The van der Waals surface area contributed by atoms with Crippen LogP contribution in [0.2, 0.25) is 0 Å². The molecule has 0 atom stereocenters. The third-order valence-corrected chi connectivity index (χ3v) is 6.81. The number of amides is 2. The van der Waals surface area contributed by atoms with E-state index in [2.05, 4.69) is 15.6 Å². The summed E-state index contributed by atoms with van der Waals surface area (Å²) in [6.45, 7) is 0. The number of hydrogen-bond donors (Lipinski definition) is 2. The van der Waals surface area contributed by atoms with E-state index in [1.54, 1.807) is 17.4 Å². The first-order chi connectivity index (χ1) is 15.2. The molecular formula is C23H20N4O2S2. The molecule has 1 aliphatic carbocycles. The number of hydrogen-bond acceptors (Lipinski definition) is 5. The molecule has 0 saturated heterocycles. The number of aromatic nitrogens is 2. The van der Waals surface area contributed by atoms with E-state index in [-0.39, 0.29) is 11.8 Å². The third-order valence-electron chi connectivity index (χ3n) is 4.96. The van der Waals surface area contributed by atoms with Crippen molar-refractivity contribution < 1.29 is 9.59 Å². The number of thiazole rings is 1. The fraction of sp³-hybridized carbons (Fsp3) is 0.174. The summed E-state index contributed by atoms with van der Waals surface area (Å²) in [4.78, 5) is 31.2. The quantitative estimate of drug-likeness (QED) is 0.402. The van der Waals surface area contributed by atoms with Crippen molar-refractivity contribution in [2.75, 3.05) is 11.1 Å². The van der Waals surface area contributed by atoms with Crippen LogP contribution < -0.4 is 10.6 Å². The van der Waals surface area contributed by atoms with Gasteiger partial charge in [0.05, 0.1) is 17.0 Å². The van der Waals surface area contributed by atoms with Gasteiger partial charge in [0, 0.05) is 40.0 Å². The van der Waals surface area contributed by atoms with Crippen LogP contribution in [0.3, 0.4) is 0 Å². The van der Waals surface area contributed by atoms with Crippen LogP contribution in [-0.4, -0.2) is 33.0 Å². The smallest absolute Gasteiger partial charge is 0.256 e. The van der Waals surface area contributed by atoms with Crippen LogP contribution in [0.25, 0.3) is 16.2 Å². The lowest BCUT2D eigenvalue weighted by molar-refractivity contribution is -0.118. The number of nitrogens with zero attached hydrogens (tertiary/aromatic N) is 2. The first-order valence-corrected chi connectivity index (χ1v) is 11.9. The number of fused-ring (bicyclic) bond motifs is 1. The van der Waals surface area contributed by atoms with Crippen LogP contribution in [0, 0.1) is 0 Å². The zero-order valence-electron chi connectivity index (χ0n) is 16.6. The average molecular weight is 449 g/mol. The molecule has 1 saturated carbocycles. The van der Waals surface area contributed by atoms with Crippen molar-refractivity contribution in [2.24, 2.45) is 0 Å². The number of benzene rings is 2. The van der Waals surface area contributed by atoms with Gasteiger partial charge in [-0.15, -0.1) is 23.1 Å². The Balaban J connectivity index is 1.25. The highest BCUT2D eigenvalue weighted by Gasteiger charge is 2.23. The van der Waals surface area contributed by atoms with E-state index < -0.39 is 0 Å². The molecule has 2 amide bonds. The first kappa shape index (κ1) is 19.8. The predicted molar refractivity (Wildman–Crippen MR) is 125 cm³/mol. The molecule has 4 aromatic rings. The summed E-state index contributed by atoms with van der Waals surface area (Å²) in [5.74, 6) is 0.121. The van der Waals surface area contributed by atoms with Crippen molar-refractivity contribution >= 4 is 45.6 Å². The molecule has 1 fully saturated rings. The first-order valence-electron chi connectivity index (χ1n) is 10.0. The van der Waals surface area contributed by atoms with Crippen molar-refractivity contribution in [1.29, 1.82) is 0 Å². The molecule has 2 aromatic carbocycles. The molecule has 0 radical (unpaired) electrons. The van der Waals surface area contributed by atoms with E-state index in [1.807, 2.05) is 64.6 Å². The van der Waals surface area contributed by atoms with Gasteiger partial charge in [0.1, 0.15) is 0 Å². The molecule has 8 heteroatoms. The summed E-state index contributed by atoms with van der Waals surface area (Å²) in [7, 11) is 0. The third kappa shape index (κ3) is 4.65. The summed E-state index contributed by atoms with van der Waals surface area (Å²) < 4.78 is 2.00. The summed E-state index contributed by atoms with van der Waals surface area (Å²) in [5.41, 5.74) is 3.16. The molecule has 156 valence electrons. The normalized spacial score (nSPS) is 13.3. The molecule has 0 spiro atoms. The number of nitrogens with one attached hydrogen (secondary N) is 2. The summed E-state index contributed by atoms with van der Waals surface area (Å²) in [6, 6.07) is 15.3. The van der Waals surface area contributed by atoms with Crippen LogP contribution in [0.4, 0.5) is 5.69 Å². The topological polar surface area (TPSA) is 75.5 Å². The Morgan fingerprint density at radius 1 is 1.13 bits per heavy atom. The molecule has 0 bridgehead atoms. The van der Waals surface area contributed by atoms with Gasteiger partial charge < -0.3 is 10.6 Å². The molecule has 0 unspecified atom stereocenters. The van der Waals surface area contributed by atoms with Gasteiger partial charge in [-0.2, -0.15) is 0 Å². The molecule has 5 rings (SSSR count). The van der Waals surface area contributed by atoms with Crippen molar-refractivity contribution in [2.45, 2.75) is 23.8 Å². The van der Waals surface area contributed by atoms with E-state index in [0.717, 1.165) is 34.0 Å². The monoisotopic (exact) mass is 448 g/mol. The highest BCUT2D eigenvalue weighted by atomic mass is 32.2. The summed E-state index contributed by atoms with van der Waals surface area (Å²) in [5, 5.41) is 7.92. The number of imidazole rings is 1. The predicted octanol–water partition coefficient (Wildman–Crippen LogP) is 4.69. The zero-order chi connectivity index (χ0) is 21.2. The lowest BCUT2D eigenvalue weighted by atomic mass is 10.1. The van der Waals surface area contributed by atoms with Crippen LogP contribution in [-0.2, 0) is 4.79 Å². The lowest BCUT2D eigenvalue weighted by Gasteiger charge is -2.10. The Kier molecular flexibility index (Phi) is 5.48. The standard InChI is InChI=1S/C23H20N4O2S2/c28-21(24-16-9-10-16)14-31-20-4-2-1-3-18(20)22(29)25-17-7-5-15(6-8-17)19-13-27-11-12-30-23(27)26-19/h1-8,11-13,16H,9-10,14H2,(H,24,28)(H,25,29). The van der Waals surface area contributed by atoms with Crippen molar-refractivity contribution in [3.05, 3.63) is 71.9 Å². The number of carbonyl (C=O) groups is 2. The summed E-state index contributed by atoms with van der Waals surface area (Å²) >= 11 is 2.98. The highest BCUT2D eigenvalue weighted by molar-refractivity contribution is 8.00. The Morgan fingerprint density at radius 2 is 1.94 bits per heavy atom. The molecule has 2 aromatic heterocycles. The van der Waals surface area contributed by atoms with Crippen molar-refractivity contribution in [1.82, 2.24) is 14.7 Å². The molecule has 0 aliphatic heterocycles. The maximum atomic E-state index is 12.9. The van der Waals surface area contributed by atoms with Gasteiger partial charge in [0.2, 0.25) is 5.91 Å². The molecule has 2 N–H and O–H groups in total. The number of rotatable bonds is 7. The number of anilines is 1. The minimum atomic E-state index is -0.194. The van der Waals surface area contributed by atoms with Crippen LogP contribution in [0.1, 0.15) is 23.2 Å². The van der Waals surface area contributed by atoms with E-state index in [4.69, 9.17) is 0 Å². The molecular weight excluding hydrogens is 428 g/mol. The minimum Gasteiger partial charge on any atom is -0.353 e. The lowest BCUT2D eigenvalue weighted by Crippen LogP contribution is -2.27. The van der Waals surface area contributed by atoms with Crippen LogP contribution >= 0.6 is 23.1 Å². The van der Waals surface area contributed by atoms with Crippen LogP contribution in [0.5, 0.6) is 0 Å². The Morgan fingerprint density at radius 3 is 2.71 bits per heavy atom. The van der Waals surface area contributed by atoms with E-state index in [9.17, 15) is 9.59 Å². The van der Waals surface area contributed by atoms with E-state index >= 15 is 0 Å².